The minimum absolute atomic E-state index is 0.0466. The first-order chi connectivity index (χ1) is 8.72. The summed E-state index contributed by atoms with van der Waals surface area (Å²) in [6.45, 7) is 2.82. The summed E-state index contributed by atoms with van der Waals surface area (Å²) in [5.41, 5.74) is 7.07. The lowest BCUT2D eigenvalue weighted by molar-refractivity contribution is 0.318. The van der Waals surface area contributed by atoms with Crippen LogP contribution in [0, 0.1) is 0 Å². The van der Waals surface area contributed by atoms with Crippen LogP contribution < -0.4 is 11.1 Å². The van der Waals surface area contributed by atoms with Crippen LogP contribution in [0.4, 0.5) is 0 Å². The minimum atomic E-state index is 0.0466. The Balaban J connectivity index is 2.72. The molecule has 0 fully saturated rings. The van der Waals surface area contributed by atoms with Crippen LogP contribution in [0.3, 0.4) is 0 Å². The van der Waals surface area contributed by atoms with Crippen LogP contribution in [-0.2, 0) is 6.54 Å². The van der Waals surface area contributed by atoms with Crippen molar-refractivity contribution in [2.45, 2.75) is 25.9 Å². The van der Waals surface area contributed by atoms with E-state index in [9.17, 15) is 0 Å². The molecule has 100 valence electrons. The van der Waals surface area contributed by atoms with Gasteiger partial charge in [-0.2, -0.15) is 11.8 Å². The van der Waals surface area contributed by atoms with Crippen molar-refractivity contribution in [2.24, 2.45) is 10.9 Å². The van der Waals surface area contributed by atoms with Gasteiger partial charge < -0.3 is 16.3 Å². The molecular weight excluding hydrogens is 248 g/mol. The topological polar surface area (TPSA) is 83.5 Å². The molecule has 0 aliphatic carbocycles. The van der Waals surface area contributed by atoms with Crippen LogP contribution in [0.5, 0.6) is 0 Å². The van der Waals surface area contributed by atoms with E-state index >= 15 is 0 Å². The molecule has 0 bridgehead atoms. The van der Waals surface area contributed by atoms with Gasteiger partial charge in [0.15, 0.2) is 5.84 Å². The number of nitrogens with one attached hydrogen (secondary N) is 1. The zero-order valence-corrected chi connectivity index (χ0v) is 11.6. The van der Waals surface area contributed by atoms with Gasteiger partial charge in [0.1, 0.15) is 5.69 Å². The Hall–Kier alpha value is -1.27. The maximum atomic E-state index is 8.72. The Morgan fingerprint density at radius 1 is 1.67 bits per heavy atom. The van der Waals surface area contributed by atoms with E-state index in [1.165, 1.54) is 0 Å². The molecule has 1 unspecified atom stereocenters. The fourth-order valence-electron chi connectivity index (χ4n) is 1.64. The normalized spacial score (nSPS) is 13.6. The first kappa shape index (κ1) is 14.8. The van der Waals surface area contributed by atoms with Crippen LogP contribution in [0.25, 0.3) is 0 Å². The van der Waals surface area contributed by atoms with Crippen molar-refractivity contribution in [1.82, 2.24) is 10.3 Å². The Kier molecular flexibility index (Phi) is 6.53. The number of nitrogens with two attached hydrogens (primary N) is 1. The van der Waals surface area contributed by atoms with Crippen molar-refractivity contribution >= 4 is 17.6 Å². The van der Waals surface area contributed by atoms with Crippen molar-refractivity contribution in [3.8, 4) is 0 Å². The zero-order chi connectivity index (χ0) is 13.4. The molecule has 0 spiro atoms. The van der Waals surface area contributed by atoms with Gasteiger partial charge in [0.2, 0.25) is 0 Å². The SMILES string of the molecule is CCC(CSC)NCc1cccnc1/C(N)=N/O. The molecule has 5 nitrogen and oxygen atoms in total. The van der Waals surface area contributed by atoms with Gasteiger partial charge in [-0.25, -0.2) is 0 Å². The first-order valence-corrected chi connectivity index (χ1v) is 7.26. The second-order valence-corrected chi connectivity index (χ2v) is 4.85. The van der Waals surface area contributed by atoms with Gasteiger partial charge in [0, 0.05) is 24.5 Å². The third kappa shape index (κ3) is 4.19. The Labute approximate surface area is 112 Å². The van der Waals surface area contributed by atoms with Gasteiger partial charge >= 0.3 is 0 Å². The molecule has 0 saturated carbocycles. The molecule has 6 heteroatoms. The highest BCUT2D eigenvalue weighted by molar-refractivity contribution is 7.98. The number of oxime groups is 1. The summed E-state index contributed by atoms with van der Waals surface area (Å²) in [4.78, 5) is 4.14. The summed E-state index contributed by atoms with van der Waals surface area (Å²) in [6, 6.07) is 4.24. The van der Waals surface area contributed by atoms with E-state index in [1.54, 1.807) is 6.20 Å². The summed E-state index contributed by atoms with van der Waals surface area (Å²) in [6.07, 6.45) is 4.80. The van der Waals surface area contributed by atoms with Gasteiger partial charge in [-0.1, -0.05) is 18.1 Å². The molecule has 0 amide bonds. The number of hydrogen-bond donors (Lipinski definition) is 3. The van der Waals surface area contributed by atoms with Crippen LogP contribution in [0.15, 0.2) is 23.5 Å². The van der Waals surface area contributed by atoms with Crippen molar-refractivity contribution in [1.29, 1.82) is 0 Å². The predicted octanol–water partition coefficient (Wildman–Crippen LogP) is 1.41. The molecule has 1 heterocycles. The minimum Gasteiger partial charge on any atom is -0.409 e. The molecule has 0 saturated heterocycles. The third-order valence-corrected chi connectivity index (χ3v) is 3.42. The number of rotatable bonds is 7. The van der Waals surface area contributed by atoms with Gasteiger partial charge in [0.05, 0.1) is 0 Å². The Bertz CT molecular complexity index is 397. The predicted molar refractivity (Wildman–Crippen MR) is 76.0 cm³/mol. The molecule has 0 aliphatic rings. The first-order valence-electron chi connectivity index (χ1n) is 5.87. The molecule has 0 aromatic carbocycles. The number of hydrogen-bond acceptors (Lipinski definition) is 5. The van der Waals surface area contributed by atoms with E-state index in [0.717, 1.165) is 17.7 Å². The van der Waals surface area contributed by atoms with Gasteiger partial charge in [0.25, 0.3) is 0 Å². The van der Waals surface area contributed by atoms with E-state index in [2.05, 4.69) is 28.6 Å². The van der Waals surface area contributed by atoms with Crippen LogP contribution >= 0.6 is 11.8 Å². The summed E-state index contributed by atoms with van der Waals surface area (Å²) >= 11 is 1.82. The van der Waals surface area contributed by atoms with E-state index < -0.39 is 0 Å². The summed E-state index contributed by atoms with van der Waals surface area (Å²) in [5, 5.41) is 15.2. The Morgan fingerprint density at radius 3 is 3.06 bits per heavy atom. The second-order valence-electron chi connectivity index (χ2n) is 3.94. The molecule has 0 aliphatic heterocycles. The lowest BCUT2D eigenvalue weighted by Gasteiger charge is -2.16. The smallest absolute Gasteiger partial charge is 0.189 e. The molecule has 1 rings (SSSR count). The number of amidine groups is 1. The molecule has 18 heavy (non-hydrogen) atoms. The second kappa shape index (κ2) is 7.94. The van der Waals surface area contributed by atoms with Gasteiger partial charge in [-0.3, -0.25) is 4.98 Å². The summed E-state index contributed by atoms with van der Waals surface area (Å²) in [7, 11) is 0. The fourth-order valence-corrected chi connectivity index (χ4v) is 2.39. The largest absolute Gasteiger partial charge is 0.409 e. The van der Waals surface area contributed by atoms with Crippen molar-refractivity contribution in [3.05, 3.63) is 29.6 Å². The van der Waals surface area contributed by atoms with Crippen molar-refractivity contribution < 1.29 is 5.21 Å². The van der Waals surface area contributed by atoms with E-state index in [4.69, 9.17) is 10.9 Å². The monoisotopic (exact) mass is 268 g/mol. The van der Waals surface area contributed by atoms with Crippen molar-refractivity contribution in [3.63, 3.8) is 0 Å². The average Bonchev–Trinajstić information content (AvgIpc) is 2.43. The quantitative estimate of drug-likeness (QED) is 0.301. The summed E-state index contributed by atoms with van der Waals surface area (Å²) < 4.78 is 0. The highest BCUT2D eigenvalue weighted by Crippen LogP contribution is 2.07. The number of nitrogens with zero attached hydrogens (tertiary/aromatic N) is 2. The number of thioether (sulfide) groups is 1. The standard InChI is InChI=1S/C12H20N4OS/c1-3-10(8-18-2)15-7-9-5-4-6-14-11(9)12(13)16-17/h4-6,10,15,17H,3,7-8H2,1-2H3,(H2,13,16). The molecule has 1 aromatic heterocycles. The highest BCUT2D eigenvalue weighted by atomic mass is 32.2. The van der Waals surface area contributed by atoms with Gasteiger partial charge in [-0.05, 0) is 24.3 Å². The van der Waals surface area contributed by atoms with Crippen LogP contribution in [-0.4, -0.2) is 34.1 Å². The molecule has 0 radical (unpaired) electrons. The lowest BCUT2D eigenvalue weighted by atomic mass is 10.1. The molecular formula is C12H20N4OS. The zero-order valence-electron chi connectivity index (χ0n) is 10.8. The third-order valence-electron chi connectivity index (χ3n) is 2.68. The number of pyridine rings is 1. The average molecular weight is 268 g/mol. The van der Waals surface area contributed by atoms with E-state index in [-0.39, 0.29) is 5.84 Å². The van der Waals surface area contributed by atoms with Crippen molar-refractivity contribution in [2.75, 3.05) is 12.0 Å². The van der Waals surface area contributed by atoms with Crippen LogP contribution in [0.2, 0.25) is 0 Å². The molecule has 4 N–H and O–H groups in total. The highest BCUT2D eigenvalue weighted by Gasteiger charge is 2.10. The fraction of sp³-hybridized carbons (Fsp3) is 0.500. The van der Waals surface area contributed by atoms with E-state index in [0.29, 0.717) is 18.3 Å². The summed E-state index contributed by atoms with van der Waals surface area (Å²) in [5.74, 6) is 1.11. The lowest BCUT2D eigenvalue weighted by Crippen LogP contribution is -2.31. The maximum Gasteiger partial charge on any atom is 0.189 e. The molecule has 1 atom stereocenters. The Morgan fingerprint density at radius 2 is 2.44 bits per heavy atom. The van der Waals surface area contributed by atoms with Gasteiger partial charge in [-0.15, -0.1) is 0 Å². The number of aromatic nitrogens is 1. The maximum absolute atomic E-state index is 8.72. The molecule has 1 aromatic rings. The van der Waals surface area contributed by atoms with Crippen LogP contribution in [0.1, 0.15) is 24.6 Å². The van der Waals surface area contributed by atoms with E-state index in [1.807, 2.05) is 23.9 Å².